The maximum Gasteiger partial charge on any atom is 0.409 e. The Bertz CT molecular complexity index is 937. The zero-order valence-electron chi connectivity index (χ0n) is 18.4. The van der Waals surface area contributed by atoms with Gasteiger partial charge in [0.25, 0.3) is 0 Å². The Morgan fingerprint density at radius 3 is 2.83 bits per heavy atom. The van der Waals surface area contributed by atoms with Gasteiger partial charge in [-0.05, 0) is 51.9 Å². The molecule has 0 aliphatic heterocycles. The normalized spacial score (nSPS) is 22.8. The number of hydrogen-bond acceptors (Lipinski definition) is 6. The van der Waals surface area contributed by atoms with Gasteiger partial charge in [0, 0.05) is 25.9 Å². The zero-order valence-corrected chi connectivity index (χ0v) is 18.4. The number of ether oxygens (including phenoxy) is 1. The third-order valence-corrected chi connectivity index (χ3v) is 6.36. The lowest BCUT2D eigenvalue weighted by atomic mass is 9.93. The highest BCUT2D eigenvalue weighted by Crippen LogP contribution is 2.42. The fourth-order valence-corrected chi connectivity index (χ4v) is 4.71. The number of nitrogens with zero attached hydrogens (tertiary/aromatic N) is 6. The molecule has 8 heteroatoms. The molecule has 2 aliphatic carbocycles. The van der Waals surface area contributed by atoms with Crippen LogP contribution in [0.1, 0.15) is 55.7 Å². The molecule has 0 bridgehead atoms. The van der Waals surface area contributed by atoms with Crippen molar-refractivity contribution >= 4 is 17.8 Å². The second kappa shape index (κ2) is 8.71. The summed E-state index contributed by atoms with van der Waals surface area (Å²) in [6, 6.07) is 0. The molecule has 1 amide bonds. The molecule has 1 fully saturated rings. The summed E-state index contributed by atoms with van der Waals surface area (Å²) in [6.07, 6.45) is 10.2. The Morgan fingerprint density at radius 2 is 2.07 bits per heavy atom. The van der Waals surface area contributed by atoms with Gasteiger partial charge in [-0.3, -0.25) is 9.38 Å². The van der Waals surface area contributed by atoms with E-state index in [0.717, 1.165) is 61.5 Å². The molecule has 0 N–H and O–H groups in total. The van der Waals surface area contributed by atoms with E-state index < -0.39 is 0 Å². The topological polar surface area (TPSA) is 75.9 Å². The Balaban J connectivity index is 1.46. The van der Waals surface area contributed by atoms with Crippen molar-refractivity contribution in [1.82, 2.24) is 29.4 Å². The minimum Gasteiger partial charge on any atom is -0.446 e. The van der Waals surface area contributed by atoms with E-state index in [9.17, 15) is 4.79 Å². The predicted octanol–water partition coefficient (Wildman–Crippen LogP) is 2.99. The smallest absolute Gasteiger partial charge is 0.409 e. The summed E-state index contributed by atoms with van der Waals surface area (Å²) in [5.41, 5.74) is 2.94. The third-order valence-electron chi connectivity index (χ3n) is 6.36. The van der Waals surface area contributed by atoms with Crippen molar-refractivity contribution in [1.29, 1.82) is 0 Å². The van der Waals surface area contributed by atoms with E-state index in [2.05, 4.69) is 43.6 Å². The summed E-state index contributed by atoms with van der Waals surface area (Å²) in [5.74, 6) is 1.62. The van der Waals surface area contributed by atoms with E-state index >= 15 is 0 Å². The van der Waals surface area contributed by atoms with E-state index in [1.54, 1.807) is 11.1 Å². The van der Waals surface area contributed by atoms with E-state index in [1.165, 1.54) is 0 Å². The molecule has 2 aliphatic rings. The first kappa shape index (κ1) is 20.8. The second-order valence-corrected chi connectivity index (χ2v) is 8.78. The van der Waals surface area contributed by atoms with Crippen molar-refractivity contribution in [2.75, 3.05) is 34.2 Å². The van der Waals surface area contributed by atoms with Gasteiger partial charge in [0.1, 0.15) is 11.9 Å². The number of rotatable bonds is 7. The Kier molecular flexibility index (Phi) is 6.04. The average molecular weight is 413 g/mol. The van der Waals surface area contributed by atoms with Crippen molar-refractivity contribution in [2.24, 2.45) is 5.92 Å². The number of amides is 1. The molecule has 1 saturated carbocycles. The molecule has 2 heterocycles. The van der Waals surface area contributed by atoms with Crippen LogP contribution in [0.4, 0.5) is 4.79 Å². The van der Waals surface area contributed by atoms with Crippen LogP contribution in [0.15, 0.2) is 12.3 Å². The molecule has 0 spiro atoms. The van der Waals surface area contributed by atoms with Crippen molar-refractivity contribution in [3.05, 3.63) is 29.5 Å². The summed E-state index contributed by atoms with van der Waals surface area (Å²) in [5, 5.41) is 8.91. The Labute approximate surface area is 177 Å². The van der Waals surface area contributed by atoms with E-state index in [1.807, 2.05) is 21.1 Å². The van der Waals surface area contributed by atoms with Crippen LogP contribution < -0.4 is 0 Å². The summed E-state index contributed by atoms with van der Waals surface area (Å²) in [6.45, 7) is 3.85. The van der Waals surface area contributed by atoms with Crippen LogP contribution in [0, 0.1) is 5.92 Å². The molecule has 3 atom stereocenters. The van der Waals surface area contributed by atoms with Gasteiger partial charge in [-0.15, -0.1) is 10.2 Å². The molecule has 0 radical (unpaired) electrons. The molecule has 8 nitrogen and oxygen atoms in total. The molecule has 2 aromatic heterocycles. The van der Waals surface area contributed by atoms with Crippen molar-refractivity contribution < 1.29 is 9.53 Å². The van der Waals surface area contributed by atoms with Gasteiger partial charge in [0.05, 0.1) is 17.6 Å². The van der Waals surface area contributed by atoms with Crippen molar-refractivity contribution in [3.63, 3.8) is 0 Å². The number of hydrogen-bond donors (Lipinski definition) is 0. The van der Waals surface area contributed by atoms with Crippen LogP contribution >= 0.6 is 0 Å². The monoisotopic (exact) mass is 412 g/mol. The lowest BCUT2D eigenvalue weighted by molar-refractivity contribution is 0.0690. The summed E-state index contributed by atoms with van der Waals surface area (Å²) in [7, 11) is 5.89. The molecular weight excluding hydrogens is 380 g/mol. The van der Waals surface area contributed by atoms with Gasteiger partial charge in [-0.2, -0.15) is 0 Å². The lowest BCUT2D eigenvalue weighted by Gasteiger charge is -2.21. The SMILES string of the molecule is CC[C@@H]1C[C@H](OC(=O)N(C)CCCN(C)C)C[C@@H]1c1nnc2cnc3c(n12)C=CC3. The standard InChI is InChI=1S/C22H32N6O2/c1-5-15-12-16(30-22(29)27(4)11-7-10-26(2)3)13-17(15)21-25-24-20-14-23-18-8-6-9-19(18)28(20)21/h6,9,14-17H,5,7-8,10-13H2,1-4H3/t15-,16+,17+/m1/s1. The van der Waals surface area contributed by atoms with Gasteiger partial charge in [0.15, 0.2) is 5.65 Å². The fraction of sp³-hybridized carbons (Fsp3) is 0.636. The maximum atomic E-state index is 12.6. The first-order valence-corrected chi connectivity index (χ1v) is 10.9. The summed E-state index contributed by atoms with van der Waals surface area (Å²) < 4.78 is 8.03. The zero-order chi connectivity index (χ0) is 21.3. The average Bonchev–Trinajstić information content (AvgIpc) is 3.43. The second-order valence-electron chi connectivity index (χ2n) is 8.78. The minimum absolute atomic E-state index is 0.0819. The maximum absolute atomic E-state index is 12.6. The third kappa shape index (κ3) is 4.05. The van der Waals surface area contributed by atoms with E-state index in [-0.39, 0.29) is 18.1 Å². The van der Waals surface area contributed by atoms with Crippen LogP contribution in [0.2, 0.25) is 0 Å². The van der Waals surface area contributed by atoms with Crippen LogP contribution in [0.3, 0.4) is 0 Å². The van der Waals surface area contributed by atoms with Gasteiger partial charge in [-0.1, -0.05) is 19.4 Å². The predicted molar refractivity (Wildman–Crippen MR) is 115 cm³/mol. The van der Waals surface area contributed by atoms with Crippen LogP contribution in [0.25, 0.3) is 11.7 Å². The van der Waals surface area contributed by atoms with Crippen molar-refractivity contribution in [2.45, 2.75) is 51.0 Å². The van der Waals surface area contributed by atoms with E-state index in [4.69, 9.17) is 4.74 Å². The fourth-order valence-electron chi connectivity index (χ4n) is 4.71. The van der Waals surface area contributed by atoms with Gasteiger partial charge in [-0.25, -0.2) is 4.79 Å². The molecule has 30 heavy (non-hydrogen) atoms. The quantitative estimate of drug-likeness (QED) is 0.696. The number of fused-ring (bicyclic) bond motifs is 3. The highest BCUT2D eigenvalue weighted by atomic mass is 16.6. The molecule has 0 aromatic carbocycles. The first-order chi connectivity index (χ1) is 14.5. The molecule has 0 unspecified atom stereocenters. The molecule has 4 rings (SSSR count). The molecular formula is C22H32N6O2. The summed E-state index contributed by atoms with van der Waals surface area (Å²) >= 11 is 0. The number of carbonyl (C=O) groups is 1. The largest absolute Gasteiger partial charge is 0.446 e. The van der Waals surface area contributed by atoms with Gasteiger partial charge < -0.3 is 14.5 Å². The highest BCUT2D eigenvalue weighted by molar-refractivity contribution is 5.67. The number of allylic oxidation sites excluding steroid dienone is 1. The minimum atomic E-state index is -0.228. The highest BCUT2D eigenvalue weighted by Gasteiger charge is 2.39. The number of aromatic nitrogens is 4. The Hall–Kier alpha value is -2.48. The Morgan fingerprint density at radius 1 is 1.23 bits per heavy atom. The van der Waals surface area contributed by atoms with Crippen LogP contribution in [0.5, 0.6) is 0 Å². The van der Waals surface area contributed by atoms with Gasteiger partial charge >= 0.3 is 6.09 Å². The van der Waals surface area contributed by atoms with Gasteiger partial charge in [0.2, 0.25) is 0 Å². The lowest BCUT2D eigenvalue weighted by Crippen LogP contribution is -2.32. The van der Waals surface area contributed by atoms with E-state index in [0.29, 0.717) is 12.5 Å². The van der Waals surface area contributed by atoms with Crippen LogP contribution in [-0.4, -0.2) is 75.8 Å². The molecule has 0 saturated heterocycles. The molecule has 2 aromatic rings. The number of carbonyl (C=O) groups excluding carboxylic acids is 1. The summed E-state index contributed by atoms with van der Waals surface area (Å²) in [4.78, 5) is 20.9. The van der Waals surface area contributed by atoms with Crippen LogP contribution in [-0.2, 0) is 11.2 Å². The molecule has 162 valence electrons. The van der Waals surface area contributed by atoms with Crippen molar-refractivity contribution in [3.8, 4) is 0 Å². The first-order valence-electron chi connectivity index (χ1n) is 10.9.